The van der Waals surface area contributed by atoms with Crippen LogP contribution in [-0.4, -0.2) is 12.0 Å². The third-order valence-corrected chi connectivity index (χ3v) is 4.04. The van der Waals surface area contributed by atoms with Gasteiger partial charge in [-0.3, -0.25) is 10.1 Å². The highest BCUT2D eigenvalue weighted by Gasteiger charge is 2.04. The summed E-state index contributed by atoms with van der Waals surface area (Å²) in [6.45, 7) is 1.02. The summed E-state index contributed by atoms with van der Waals surface area (Å²) >= 11 is 0. The molecule has 3 rings (SSSR count). The highest BCUT2D eigenvalue weighted by Crippen LogP contribution is 2.19. The van der Waals surface area contributed by atoms with Gasteiger partial charge in [-0.25, -0.2) is 0 Å². The molecule has 6 nitrogen and oxygen atoms in total. The molecule has 0 spiro atoms. The molecule has 0 fully saturated rings. The first-order valence-electron chi connectivity index (χ1n) is 8.47. The Balaban J connectivity index is 1.55. The Labute approximate surface area is 157 Å². The Morgan fingerprint density at radius 3 is 2.33 bits per heavy atom. The van der Waals surface area contributed by atoms with E-state index < -0.39 is 4.92 Å². The smallest absolute Gasteiger partial charge is 0.269 e. The van der Waals surface area contributed by atoms with Crippen LogP contribution in [0.3, 0.4) is 0 Å². The Morgan fingerprint density at radius 2 is 1.67 bits per heavy atom. The van der Waals surface area contributed by atoms with Crippen LogP contribution in [0.5, 0.6) is 11.5 Å². The van der Waals surface area contributed by atoms with Gasteiger partial charge in [0.15, 0.2) is 0 Å². The average molecular weight is 364 g/mol. The van der Waals surface area contributed by atoms with Crippen LogP contribution < -0.4 is 14.8 Å². The largest absolute Gasteiger partial charge is 0.497 e. The van der Waals surface area contributed by atoms with E-state index in [4.69, 9.17) is 9.47 Å². The number of nitrogens with zero attached hydrogens (tertiary/aromatic N) is 1. The van der Waals surface area contributed by atoms with Gasteiger partial charge >= 0.3 is 0 Å². The van der Waals surface area contributed by atoms with Crippen LogP contribution >= 0.6 is 0 Å². The second-order valence-corrected chi connectivity index (χ2v) is 5.94. The van der Waals surface area contributed by atoms with Crippen molar-refractivity contribution in [2.45, 2.75) is 13.2 Å². The number of non-ortho nitro benzene ring substituents is 1. The van der Waals surface area contributed by atoms with E-state index in [0.717, 1.165) is 28.3 Å². The maximum atomic E-state index is 10.7. The zero-order chi connectivity index (χ0) is 19.1. The van der Waals surface area contributed by atoms with Crippen molar-refractivity contribution < 1.29 is 14.4 Å². The summed E-state index contributed by atoms with van der Waals surface area (Å²) in [4.78, 5) is 10.3. The van der Waals surface area contributed by atoms with Gasteiger partial charge in [-0.1, -0.05) is 12.1 Å². The first kappa shape index (κ1) is 18.3. The molecule has 0 aliphatic carbocycles. The molecule has 0 radical (unpaired) electrons. The second kappa shape index (κ2) is 8.71. The standard InChI is InChI=1S/C21H20N2O4/c1-26-20-11-7-18(8-12-20)22-14-17-3-2-4-21(13-17)27-15-16-5-9-19(10-6-16)23(24)25/h2-13,22H,14-15H2,1H3. The Hall–Kier alpha value is -3.54. The summed E-state index contributed by atoms with van der Waals surface area (Å²) in [7, 11) is 1.64. The first-order chi connectivity index (χ1) is 13.1. The highest BCUT2D eigenvalue weighted by atomic mass is 16.6. The van der Waals surface area contributed by atoms with Gasteiger partial charge in [0.05, 0.1) is 12.0 Å². The van der Waals surface area contributed by atoms with Crippen LogP contribution in [0.15, 0.2) is 72.8 Å². The average Bonchev–Trinajstić information content (AvgIpc) is 2.72. The SMILES string of the molecule is COc1ccc(NCc2cccc(OCc3ccc([N+](=O)[O-])cc3)c2)cc1. The zero-order valence-electron chi connectivity index (χ0n) is 14.9. The van der Waals surface area contributed by atoms with Crippen molar-refractivity contribution in [3.63, 3.8) is 0 Å². The molecule has 0 amide bonds. The summed E-state index contributed by atoms with van der Waals surface area (Å²) in [6, 6.07) is 21.9. The van der Waals surface area contributed by atoms with Crippen LogP contribution in [0, 0.1) is 10.1 Å². The number of nitro groups is 1. The monoisotopic (exact) mass is 364 g/mol. The summed E-state index contributed by atoms with van der Waals surface area (Å²) < 4.78 is 11.0. The molecular formula is C21H20N2O4. The lowest BCUT2D eigenvalue weighted by Gasteiger charge is -2.10. The first-order valence-corrected chi connectivity index (χ1v) is 8.47. The fraction of sp³-hybridized carbons (Fsp3) is 0.143. The summed E-state index contributed by atoms with van der Waals surface area (Å²) in [6.07, 6.45) is 0. The molecule has 27 heavy (non-hydrogen) atoms. The molecule has 3 aromatic carbocycles. The molecule has 0 heterocycles. The predicted octanol–water partition coefficient (Wildman–Crippen LogP) is 4.79. The number of ether oxygens (including phenoxy) is 2. The molecule has 1 N–H and O–H groups in total. The molecule has 3 aromatic rings. The van der Waals surface area contributed by atoms with Crippen molar-refractivity contribution in [2.24, 2.45) is 0 Å². The summed E-state index contributed by atoms with van der Waals surface area (Å²) in [5.41, 5.74) is 3.05. The maximum absolute atomic E-state index is 10.7. The van der Waals surface area contributed by atoms with Crippen LogP contribution in [0.2, 0.25) is 0 Å². The third kappa shape index (κ3) is 5.22. The number of rotatable bonds is 8. The van der Waals surface area contributed by atoms with E-state index in [9.17, 15) is 10.1 Å². The highest BCUT2D eigenvalue weighted by molar-refractivity contribution is 5.47. The number of nitrogens with one attached hydrogen (secondary N) is 1. The van der Waals surface area contributed by atoms with Gasteiger partial charge in [-0.2, -0.15) is 0 Å². The van der Waals surface area contributed by atoms with Crippen LogP contribution in [0.25, 0.3) is 0 Å². The molecule has 0 bridgehead atoms. The van der Waals surface area contributed by atoms with Gasteiger partial charge in [0.25, 0.3) is 5.69 Å². The number of anilines is 1. The molecular weight excluding hydrogens is 344 g/mol. The van der Waals surface area contributed by atoms with E-state index in [0.29, 0.717) is 13.2 Å². The molecule has 0 saturated heterocycles. The van der Waals surface area contributed by atoms with Crippen molar-refractivity contribution in [2.75, 3.05) is 12.4 Å². The molecule has 0 atom stereocenters. The van der Waals surface area contributed by atoms with Crippen molar-refractivity contribution in [3.05, 3.63) is 94.0 Å². The van der Waals surface area contributed by atoms with Gasteiger partial charge in [0, 0.05) is 24.4 Å². The maximum Gasteiger partial charge on any atom is 0.269 e. The van der Waals surface area contributed by atoms with E-state index in [1.165, 1.54) is 12.1 Å². The minimum absolute atomic E-state index is 0.0744. The molecule has 6 heteroatoms. The van der Waals surface area contributed by atoms with E-state index >= 15 is 0 Å². The number of benzene rings is 3. The Bertz CT molecular complexity index is 893. The van der Waals surface area contributed by atoms with Gasteiger partial charge in [0.2, 0.25) is 0 Å². The van der Waals surface area contributed by atoms with Crippen molar-refractivity contribution in [1.29, 1.82) is 0 Å². The molecule has 0 aromatic heterocycles. The van der Waals surface area contributed by atoms with Crippen molar-refractivity contribution >= 4 is 11.4 Å². The second-order valence-electron chi connectivity index (χ2n) is 5.94. The number of nitro benzene ring substituents is 1. The van der Waals surface area contributed by atoms with E-state index in [2.05, 4.69) is 5.32 Å². The van der Waals surface area contributed by atoms with Gasteiger partial charge in [0.1, 0.15) is 18.1 Å². The third-order valence-electron chi connectivity index (χ3n) is 4.04. The predicted molar refractivity (Wildman–Crippen MR) is 104 cm³/mol. The molecule has 0 saturated carbocycles. The lowest BCUT2D eigenvalue weighted by Crippen LogP contribution is -2.00. The minimum atomic E-state index is -0.413. The topological polar surface area (TPSA) is 73.6 Å². The zero-order valence-corrected chi connectivity index (χ0v) is 14.9. The quantitative estimate of drug-likeness (QED) is 0.459. The van der Waals surface area contributed by atoms with E-state index in [-0.39, 0.29) is 5.69 Å². The number of hydrogen-bond donors (Lipinski definition) is 1. The fourth-order valence-corrected chi connectivity index (χ4v) is 2.54. The Morgan fingerprint density at radius 1 is 0.926 bits per heavy atom. The van der Waals surface area contributed by atoms with E-state index in [1.807, 2.05) is 48.5 Å². The normalized spacial score (nSPS) is 10.3. The van der Waals surface area contributed by atoms with Gasteiger partial charge < -0.3 is 14.8 Å². The summed E-state index contributed by atoms with van der Waals surface area (Å²) in [5, 5.41) is 14.0. The fourth-order valence-electron chi connectivity index (χ4n) is 2.54. The molecule has 0 unspecified atom stereocenters. The summed E-state index contributed by atoms with van der Waals surface area (Å²) in [5.74, 6) is 1.57. The lowest BCUT2D eigenvalue weighted by atomic mass is 10.2. The van der Waals surface area contributed by atoms with Gasteiger partial charge in [-0.05, 0) is 59.7 Å². The number of methoxy groups -OCH3 is 1. The van der Waals surface area contributed by atoms with Gasteiger partial charge in [-0.15, -0.1) is 0 Å². The molecule has 138 valence electrons. The molecule has 0 aliphatic rings. The number of hydrogen-bond acceptors (Lipinski definition) is 5. The van der Waals surface area contributed by atoms with Crippen molar-refractivity contribution in [1.82, 2.24) is 0 Å². The lowest BCUT2D eigenvalue weighted by molar-refractivity contribution is -0.384. The van der Waals surface area contributed by atoms with Crippen LogP contribution in [0.1, 0.15) is 11.1 Å². The van der Waals surface area contributed by atoms with Crippen LogP contribution in [0.4, 0.5) is 11.4 Å². The Kier molecular flexibility index (Phi) is 5.89. The minimum Gasteiger partial charge on any atom is -0.497 e. The van der Waals surface area contributed by atoms with Crippen molar-refractivity contribution in [3.8, 4) is 11.5 Å². The molecule has 0 aliphatic heterocycles. The van der Waals surface area contributed by atoms with Crippen LogP contribution in [-0.2, 0) is 13.2 Å². The van der Waals surface area contributed by atoms with E-state index in [1.54, 1.807) is 19.2 Å².